The fourth-order valence-corrected chi connectivity index (χ4v) is 2.97. The maximum absolute atomic E-state index is 12.2. The third-order valence-corrected chi connectivity index (χ3v) is 4.99. The van der Waals surface area contributed by atoms with Gasteiger partial charge in [-0.1, -0.05) is 32.0 Å². The molecule has 0 bridgehead atoms. The van der Waals surface area contributed by atoms with Gasteiger partial charge in [-0.25, -0.2) is 8.42 Å². The summed E-state index contributed by atoms with van der Waals surface area (Å²) < 4.78 is 25.5. The van der Waals surface area contributed by atoms with E-state index in [1.807, 2.05) is 13.8 Å². The van der Waals surface area contributed by atoms with Crippen LogP contribution in [0.15, 0.2) is 35.2 Å². The Kier molecular flexibility index (Phi) is 6.16. The molecule has 0 heterocycles. The first-order chi connectivity index (χ1) is 9.41. The zero-order chi connectivity index (χ0) is 15.2. The quantitative estimate of drug-likeness (QED) is 0.831. The Hall–Kier alpha value is -1.40. The molecule has 1 rings (SSSR count). The molecule has 0 aromatic heterocycles. The molecule has 1 aromatic rings. The molecule has 0 atom stereocenters. The van der Waals surface area contributed by atoms with Crippen molar-refractivity contribution in [2.24, 2.45) is 0 Å². The standard InChI is InChI=1S/C14H22N2O3S/c1-4-12(5-2)15-14(17)11-16(3)20(18,19)13-9-7-6-8-10-13/h6-10,12H,4-5,11H2,1-3H3,(H,15,17). The van der Waals surface area contributed by atoms with E-state index in [2.05, 4.69) is 5.32 Å². The minimum Gasteiger partial charge on any atom is -0.352 e. The van der Waals surface area contributed by atoms with Crippen LogP contribution in [0.5, 0.6) is 0 Å². The van der Waals surface area contributed by atoms with E-state index in [-0.39, 0.29) is 23.4 Å². The summed E-state index contributed by atoms with van der Waals surface area (Å²) in [6.45, 7) is 3.80. The Morgan fingerprint density at radius 1 is 1.20 bits per heavy atom. The van der Waals surface area contributed by atoms with Crippen molar-refractivity contribution in [3.05, 3.63) is 30.3 Å². The van der Waals surface area contributed by atoms with Crippen molar-refractivity contribution >= 4 is 15.9 Å². The van der Waals surface area contributed by atoms with Crippen molar-refractivity contribution in [2.75, 3.05) is 13.6 Å². The number of rotatable bonds is 7. The lowest BCUT2D eigenvalue weighted by molar-refractivity contribution is -0.121. The highest BCUT2D eigenvalue weighted by atomic mass is 32.2. The summed E-state index contributed by atoms with van der Waals surface area (Å²) in [4.78, 5) is 12.0. The van der Waals surface area contributed by atoms with Crippen LogP contribution in [0.25, 0.3) is 0 Å². The molecule has 0 aliphatic rings. The monoisotopic (exact) mass is 298 g/mol. The Morgan fingerprint density at radius 3 is 2.25 bits per heavy atom. The van der Waals surface area contributed by atoms with Crippen LogP contribution in [0.1, 0.15) is 26.7 Å². The number of benzene rings is 1. The van der Waals surface area contributed by atoms with Crippen LogP contribution in [0, 0.1) is 0 Å². The minimum atomic E-state index is -3.61. The molecule has 0 unspecified atom stereocenters. The van der Waals surface area contributed by atoms with Crippen LogP contribution in [0.3, 0.4) is 0 Å². The molecule has 0 radical (unpaired) electrons. The zero-order valence-electron chi connectivity index (χ0n) is 12.2. The van der Waals surface area contributed by atoms with Gasteiger partial charge in [0.1, 0.15) is 0 Å². The lowest BCUT2D eigenvalue weighted by Gasteiger charge is -2.19. The van der Waals surface area contributed by atoms with Crippen LogP contribution < -0.4 is 5.32 Å². The summed E-state index contributed by atoms with van der Waals surface area (Å²) in [7, 11) is -2.20. The summed E-state index contributed by atoms with van der Waals surface area (Å²) in [5.74, 6) is -0.277. The molecular formula is C14H22N2O3S. The highest BCUT2D eigenvalue weighted by molar-refractivity contribution is 7.89. The smallest absolute Gasteiger partial charge is 0.243 e. The molecule has 0 saturated carbocycles. The van der Waals surface area contributed by atoms with E-state index in [0.717, 1.165) is 17.1 Å². The maximum Gasteiger partial charge on any atom is 0.243 e. The largest absolute Gasteiger partial charge is 0.352 e. The molecule has 0 fully saturated rings. The number of sulfonamides is 1. The van der Waals surface area contributed by atoms with Gasteiger partial charge < -0.3 is 5.32 Å². The first-order valence-corrected chi connectivity index (χ1v) is 8.16. The average Bonchev–Trinajstić information content (AvgIpc) is 2.45. The third kappa shape index (κ3) is 4.31. The fraction of sp³-hybridized carbons (Fsp3) is 0.500. The van der Waals surface area contributed by atoms with E-state index in [0.29, 0.717) is 0 Å². The Labute approximate surface area is 121 Å². The van der Waals surface area contributed by atoms with Gasteiger partial charge in [0, 0.05) is 13.1 Å². The van der Waals surface area contributed by atoms with Crippen molar-refractivity contribution < 1.29 is 13.2 Å². The lowest BCUT2D eigenvalue weighted by Crippen LogP contribution is -2.42. The van der Waals surface area contributed by atoms with Gasteiger partial charge >= 0.3 is 0 Å². The van der Waals surface area contributed by atoms with E-state index >= 15 is 0 Å². The number of nitrogens with one attached hydrogen (secondary N) is 1. The molecule has 1 aromatic carbocycles. The van der Waals surface area contributed by atoms with Crippen molar-refractivity contribution in [3.63, 3.8) is 0 Å². The molecular weight excluding hydrogens is 276 g/mol. The molecule has 1 amide bonds. The number of hydrogen-bond acceptors (Lipinski definition) is 3. The van der Waals surface area contributed by atoms with Crippen molar-refractivity contribution in [1.82, 2.24) is 9.62 Å². The highest BCUT2D eigenvalue weighted by Crippen LogP contribution is 2.12. The summed E-state index contributed by atoms with van der Waals surface area (Å²) in [5, 5.41) is 2.83. The van der Waals surface area contributed by atoms with E-state index in [1.54, 1.807) is 18.2 Å². The average molecular weight is 298 g/mol. The van der Waals surface area contributed by atoms with Gasteiger partial charge in [-0.05, 0) is 25.0 Å². The van der Waals surface area contributed by atoms with Crippen LogP contribution in [-0.4, -0.2) is 38.3 Å². The van der Waals surface area contributed by atoms with Crippen LogP contribution in [0.2, 0.25) is 0 Å². The van der Waals surface area contributed by atoms with E-state index < -0.39 is 10.0 Å². The number of hydrogen-bond donors (Lipinski definition) is 1. The lowest BCUT2D eigenvalue weighted by atomic mass is 10.2. The summed E-state index contributed by atoms with van der Waals surface area (Å²) in [5.41, 5.74) is 0. The zero-order valence-corrected chi connectivity index (χ0v) is 13.0. The number of carbonyl (C=O) groups is 1. The maximum atomic E-state index is 12.2. The summed E-state index contributed by atoms with van der Waals surface area (Å²) in [6, 6.07) is 8.19. The van der Waals surface area contributed by atoms with Gasteiger partial charge in [-0.15, -0.1) is 0 Å². The van der Waals surface area contributed by atoms with Gasteiger partial charge in [-0.2, -0.15) is 4.31 Å². The second-order valence-electron chi connectivity index (χ2n) is 4.66. The predicted octanol–water partition coefficient (Wildman–Crippen LogP) is 1.61. The third-order valence-electron chi connectivity index (χ3n) is 3.17. The minimum absolute atomic E-state index is 0.0929. The fourth-order valence-electron chi connectivity index (χ4n) is 1.83. The van der Waals surface area contributed by atoms with Gasteiger partial charge in [-0.3, -0.25) is 4.79 Å². The van der Waals surface area contributed by atoms with Crippen molar-refractivity contribution in [1.29, 1.82) is 0 Å². The Balaban J connectivity index is 2.71. The second-order valence-corrected chi connectivity index (χ2v) is 6.70. The van der Waals surface area contributed by atoms with Gasteiger partial charge in [0.2, 0.25) is 15.9 Å². The van der Waals surface area contributed by atoms with Gasteiger partial charge in [0.25, 0.3) is 0 Å². The molecule has 20 heavy (non-hydrogen) atoms. The Morgan fingerprint density at radius 2 is 1.75 bits per heavy atom. The van der Waals surface area contributed by atoms with Crippen LogP contribution in [0.4, 0.5) is 0 Å². The second kappa shape index (κ2) is 7.40. The number of carbonyl (C=O) groups excluding carboxylic acids is 1. The van der Waals surface area contributed by atoms with Crippen molar-refractivity contribution in [2.45, 2.75) is 37.6 Å². The number of amides is 1. The first-order valence-electron chi connectivity index (χ1n) is 6.72. The molecule has 5 nitrogen and oxygen atoms in total. The highest BCUT2D eigenvalue weighted by Gasteiger charge is 2.23. The van der Waals surface area contributed by atoms with Gasteiger partial charge in [0.15, 0.2) is 0 Å². The summed E-state index contributed by atoms with van der Waals surface area (Å²) in [6.07, 6.45) is 1.66. The van der Waals surface area contributed by atoms with Crippen molar-refractivity contribution in [3.8, 4) is 0 Å². The molecule has 6 heteroatoms. The molecule has 0 saturated heterocycles. The van der Waals surface area contributed by atoms with E-state index in [1.165, 1.54) is 19.2 Å². The number of likely N-dealkylation sites (N-methyl/N-ethyl adjacent to an activating group) is 1. The SMILES string of the molecule is CCC(CC)NC(=O)CN(C)S(=O)(=O)c1ccccc1. The summed E-state index contributed by atoms with van der Waals surface area (Å²) >= 11 is 0. The number of nitrogens with zero attached hydrogens (tertiary/aromatic N) is 1. The first kappa shape index (κ1) is 16.7. The molecule has 112 valence electrons. The Bertz CT molecular complexity index is 525. The van der Waals surface area contributed by atoms with Crippen LogP contribution in [-0.2, 0) is 14.8 Å². The topological polar surface area (TPSA) is 66.5 Å². The van der Waals surface area contributed by atoms with Gasteiger partial charge in [0.05, 0.1) is 11.4 Å². The molecule has 0 aliphatic carbocycles. The molecule has 0 aliphatic heterocycles. The normalized spacial score (nSPS) is 11.8. The molecule has 0 spiro atoms. The molecule has 1 N–H and O–H groups in total. The van der Waals surface area contributed by atoms with E-state index in [4.69, 9.17) is 0 Å². The van der Waals surface area contributed by atoms with Crippen LogP contribution >= 0.6 is 0 Å². The predicted molar refractivity (Wildman–Crippen MR) is 78.8 cm³/mol. The van der Waals surface area contributed by atoms with E-state index in [9.17, 15) is 13.2 Å².